The predicted octanol–water partition coefficient (Wildman–Crippen LogP) is 4.69. The van der Waals surface area contributed by atoms with Crippen LogP contribution in [0, 0.1) is 6.92 Å². The zero-order chi connectivity index (χ0) is 12.3. The van der Waals surface area contributed by atoms with Gasteiger partial charge in [-0.15, -0.1) is 0 Å². The molecule has 0 radical (unpaired) electrons. The van der Waals surface area contributed by atoms with E-state index in [0.717, 1.165) is 5.75 Å². The van der Waals surface area contributed by atoms with E-state index >= 15 is 0 Å². The summed E-state index contributed by atoms with van der Waals surface area (Å²) in [6.07, 6.45) is 1.18. The van der Waals surface area contributed by atoms with Gasteiger partial charge < -0.3 is 4.74 Å². The number of ether oxygens (including phenoxy) is 1. The number of rotatable bonds is 3. The summed E-state index contributed by atoms with van der Waals surface area (Å²) in [7, 11) is 0. The standard InChI is InChI=1S/C15H24O/c1-7-11(2)13-8-9-14(12(3)10-13)16-15(4,5)6/h8-11H,7H2,1-6H3. The van der Waals surface area contributed by atoms with E-state index in [-0.39, 0.29) is 5.60 Å². The number of aryl methyl sites for hydroxylation is 1. The Balaban J connectivity index is 2.92. The van der Waals surface area contributed by atoms with Gasteiger partial charge in [-0.1, -0.05) is 26.0 Å². The Morgan fingerprint density at radius 3 is 2.31 bits per heavy atom. The molecule has 0 saturated heterocycles. The number of benzene rings is 1. The minimum atomic E-state index is -0.122. The highest BCUT2D eigenvalue weighted by molar-refractivity contribution is 5.37. The second-order valence-corrected chi connectivity index (χ2v) is 5.55. The van der Waals surface area contributed by atoms with Crippen LogP contribution in [0.2, 0.25) is 0 Å². The molecule has 1 heteroatoms. The average molecular weight is 220 g/mol. The van der Waals surface area contributed by atoms with Crippen LogP contribution in [-0.4, -0.2) is 5.60 Å². The van der Waals surface area contributed by atoms with E-state index in [9.17, 15) is 0 Å². The SMILES string of the molecule is CCC(C)c1ccc(OC(C)(C)C)c(C)c1. The smallest absolute Gasteiger partial charge is 0.123 e. The van der Waals surface area contributed by atoms with Crippen LogP contribution in [-0.2, 0) is 0 Å². The van der Waals surface area contributed by atoms with Crippen LogP contribution in [0.15, 0.2) is 18.2 Å². The van der Waals surface area contributed by atoms with Gasteiger partial charge in [0.15, 0.2) is 0 Å². The van der Waals surface area contributed by atoms with Crippen molar-refractivity contribution in [2.75, 3.05) is 0 Å². The molecule has 0 aliphatic carbocycles. The Labute approximate surface area is 99.8 Å². The summed E-state index contributed by atoms with van der Waals surface area (Å²) in [5, 5.41) is 0. The first-order valence-electron chi connectivity index (χ1n) is 6.13. The van der Waals surface area contributed by atoms with Crippen LogP contribution in [0.3, 0.4) is 0 Å². The monoisotopic (exact) mass is 220 g/mol. The lowest BCUT2D eigenvalue weighted by Crippen LogP contribution is -2.23. The van der Waals surface area contributed by atoms with Gasteiger partial charge >= 0.3 is 0 Å². The van der Waals surface area contributed by atoms with Crippen molar-refractivity contribution in [2.45, 2.75) is 59.5 Å². The van der Waals surface area contributed by atoms with Crippen molar-refractivity contribution < 1.29 is 4.74 Å². The van der Waals surface area contributed by atoms with Crippen molar-refractivity contribution >= 4 is 0 Å². The molecule has 0 aliphatic heterocycles. The van der Waals surface area contributed by atoms with E-state index in [1.54, 1.807) is 0 Å². The number of hydrogen-bond donors (Lipinski definition) is 0. The lowest BCUT2D eigenvalue weighted by molar-refractivity contribution is 0.130. The van der Waals surface area contributed by atoms with Crippen molar-refractivity contribution in [3.05, 3.63) is 29.3 Å². The minimum Gasteiger partial charge on any atom is -0.488 e. The van der Waals surface area contributed by atoms with Gasteiger partial charge in [-0.05, 0) is 57.2 Å². The topological polar surface area (TPSA) is 9.23 Å². The summed E-state index contributed by atoms with van der Waals surface area (Å²) < 4.78 is 5.90. The van der Waals surface area contributed by atoms with Gasteiger partial charge in [0.2, 0.25) is 0 Å². The summed E-state index contributed by atoms with van der Waals surface area (Å²) in [6.45, 7) is 12.8. The second kappa shape index (κ2) is 4.90. The second-order valence-electron chi connectivity index (χ2n) is 5.55. The highest BCUT2D eigenvalue weighted by Crippen LogP contribution is 2.27. The Hall–Kier alpha value is -0.980. The molecule has 1 aromatic carbocycles. The molecule has 0 bridgehead atoms. The summed E-state index contributed by atoms with van der Waals surface area (Å²) >= 11 is 0. The summed E-state index contributed by atoms with van der Waals surface area (Å²) in [5.41, 5.74) is 2.51. The van der Waals surface area contributed by atoms with Crippen LogP contribution < -0.4 is 4.74 Å². The Kier molecular flexibility index (Phi) is 4.01. The molecular formula is C15H24O. The maximum absolute atomic E-state index is 5.90. The summed E-state index contributed by atoms with van der Waals surface area (Å²) in [5.74, 6) is 1.63. The fourth-order valence-corrected chi connectivity index (χ4v) is 1.66. The molecule has 0 aliphatic rings. The van der Waals surface area contributed by atoms with Crippen molar-refractivity contribution in [3.8, 4) is 5.75 Å². The minimum absolute atomic E-state index is 0.122. The quantitative estimate of drug-likeness (QED) is 0.718. The van der Waals surface area contributed by atoms with Crippen LogP contribution in [0.25, 0.3) is 0 Å². The molecule has 0 amide bonds. The zero-order valence-electron chi connectivity index (χ0n) is 11.4. The first kappa shape index (κ1) is 13.1. The van der Waals surface area contributed by atoms with Gasteiger partial charge in [0.1, 0.15) is 11.4 Å². The van der Waals surface area contributed by atoms with Gasteiger partial charge in [0.05, 0.1) is 0 Å². The normalized spacial score (nSPS) is 13.6. The molecule has 0 fully saturated rings. The van der Waals surface area contributed by atoms with Crippen LogP contribution in [0.4, 0.5) is 0 Å². The fraction of sp³-hybridized carbons (Fsp3) is 0.600. The number of hydrogen-bond acceptors (Lipinski definition) is 1. The summed E-state index contributed by atoms with van der Waals surface area (Å²) in [4.78, 5) is 0. The van der Waals surface area contributed by atoms with E-state index in [2.05, 4.69) is 59.7 Å². The third-order valence-corrected chi connectivity index (χ3v) is 2.80. The Morgan fingerprint density at radius 1 is 1.25 bits per heavy atom. The fourth-order valence-electron chi connectivity index (χ4n) is 1.66. The highest BCUT2D eigenvalue weighted by atomic mass is 16.5. The molecule has 1 rings (SSSR count). The van der Waals surface area contributed by atoms with E-state index < -0.39 is 0 Å². The zero-order valence-corrected chi connectivity index (χ0v) is 11.4. The molecule has 0 aromatic heterocycles. The predicted molar refractivity (Wildman–Crippen MR) is 70.3 cm³/mol. The third-order valence-electron chi connectivity index (χ3n) is 2.80. The summed E-state index contributed by atoms with van der Waals surface area (Å²) in [6, 6.07) is 6.53. The lowest BCUT2D eigenvalue weighted by atomic mass is 9.97. The van der Waals surface area contributed by atoms with Gasteiger partial charge in [0, 0.05) is 0 Å². The van der Waals surface area contributed by atoms with Gasteiger partial charge in [0.25, 0.3) is 0 Å². The molecule has 1 unspecified atom stereocenters. The van der Waals surface area contributed by atoms with Crippen molar-refractivity contribution in [2.24, 2.45) is 0 Å². The Morgan fingerprint density at radius 2 is 1.88 bits per heavy atom. The maximum Gasteiger partial charge on any atom is 0.123 e. The lowest BCUT2D eigenvalue weighted by Gasteiger charge is -2.23. The van der Waals surface area contributed by atoms with E-state index in [1.165, 1.54) is 17.5 Å². The van der Waals surface area contributed by atoms with Crippen molar-refractivity contribution in [1.29, 1.82) is 0 Å². The largest absolute Gasteiger partial charge is 0.488 e. The molecule has 1 atom stereocenters. The van der Waals surface area contributed by atoms with E-state index in [1.807, 2.05) is 0 Å². The molecule has 16 heavy (non-hydrogen) atoms. The van der Waals surface area contributed by atoms with E-state index in [0.29, 0.717) is 5.92 Å². The molecule has 90 valence electrons. The molecule has 0 saturated carbocycles. The third kappa shape index (κ3) is 3.55. The van der Waals surface area contributed by atoms with Crippen LogP contribution in [0.5, 0.6) is 5.75 Å². The molecule has 1 aromatic rings. The van der Waals surface area contributed by atoms with Crippen LogP contribution in [0.1, 0.15) is 58.1 Å². The van der Waals surface area contributed by atoms with Crippen LogP contribution >= 0.6 is 0 Å². The van der Waals surface area contributed by atoms with Crippen molar-refractivity contribution in [3.63, 3.8) is 0 Å². The molecular weight excluding hydrogens is 196 g/mol. The molecule has 1 nitrogen and oxygen atoms in total. The molecule has 0 spiro atoms. The first-order chi connectivity index (χ1) is 7.33. The Bertz CT molecular complexity index is 347. The van der Waals surface area contributed by atoms with Gasteiger partial charge in [-0.3, -0.25) is 0 Å². The molecule has 0 heterocycles. The average Bonchev–Trinajstić information content (AvgIpc) is 2.18. The molecule has 0 N–H and O–H groups in total. The highest BCUT2D eigenvalue weighted by Gasteiger charge is 2.14. The van der Waals surface area contributed by atoms with Gasteiger partial charge in [-0.25, -0.2) is 0 Å². The maximum atomic E-state index is 5.90. The van der Waals surface area contributed by atoms with Crippen molar-refractivity contribution in [1.82, 2.24) is 0 Å². The first-order valence-corrected chi connectivity index (χ1v) is 6.13. The van der Waals surface area contributed by atoms with Gasteiger partial charge in [-0.2, -0.15) is 0 Å². The van der Waals surface area contributed by atoms with E-state index in [4.69, 9.17) is 4.74 Å².